The summed E-state index contributed by atoms with van der Waals surface area (Å²) in [5, 5.41) is 7.21. The number of nitrogens with zero attached hydrogens (tertiary/aromatic N) is 4. The number of rotatable bonds is 5. The van der Waals surface area contributed by atoms with E-state index in [9.17, 15) is 13.2 Å². The van der Waals surface area contributed by atoms with Gasteiger partial charge in [0, 0.05) is 18.8 Å². The Morgan fingerprint density at radius 3 is 2.24 bits per heavy atom. The molecule has 2 amide bonds. The molecular weight excluding hydrogens is 452 g/mol. The van der Waals surface area contributed by atoms with Crippen molar-refractivity contribution in [1.29, 1.82) is 0 Å². The zero-order valence-electron chi connectivity index (χ0n) is 20.2. The Labute approximate surface area is 201 Å². The molecule has 9 nitrogen and oxygen atoms in total. The molecule has 1 fully saturated rings. The van der Waals surface area contributed by atoms with Gasteiger partial charge >= 0.3 is 16.2 Å². The summed E-state index contributed by atoms with van der Waals surface area (Å²) in [5.74, 6) is 0. The van der Waals surface area contributed by atoms with Crippen molar-refractivity contribution in [2.24, 2.45) is 7.05 Å². The van der Waals surface area contributed by atoms with E-state index in [0.717, 1.165) is 63.0 Å². The summed E-state index contributed by atoms with van der Waals surface area (Å²) >= 11 is 0. The van der Waals surface area contributed by atoms with Crippen LogP contribution in [-0.2, 0) is 42.9 Å². The van der Waals surface area contributed by atoms with Crippen LogP contribution in [0.1, 0.15) is 53.6 Å². The highest BCUT2D eigenvalue weighted by atomic mass is 32.2. The summed E-state index contributed by atoms with van der Waals surface area (Å²) in [6, 6.07) is 1.35. The van der Waals surface area contributed by atoms with Crippen LogP contribution in [0.2, 0.25) is 0 Å². The van der Waals surface area contributed by atoms with Gasteiger partial charge < -0.3 is 10.2 Å². The number of hydrogen-bond acceptors (Lipinski definition) is 5. The SMILES string of the molecule is Cc1c(N(C2CCN(C)CC2)S(=O)(=O)NC(=O)Nc2c3c(cc4c2CCC4)CCC3)cnn1C. The van der Waals surface area contributed by atoms with Crippen molar-refractivity contribution in [2.45, 2.75) is 64.3 Å². The Morgan fingerprint density at radius 2 is 1.68 bits per heavy atom. The van der Waals surface area contributed by atoms with Gasteiger partial charge in [0.05, 0.1) is 17.6 Å². The third-order valence-electron chi connectivity index (χ3n) is 7.66. The van der Waals surface area contributed by atoms with Gasteiger partial charge in [-0.2, -0.15) is 13.5 Å². The summed E-state index contributed by atoms with van der Waals surface area (Å²) in [4.78, 5) is 15.3. The number of aromatic nitrogens is 2. The molecule has 2 N–H and O–H groups in total. The Morgan fingerprint density at radius 1 is 1.06 bits per heavy atom. The van der Waals surface area contributed by atoms with E-state index >= 15 is 0 Å². The van der Waals surface area contributed by atoms with E-state index in [0.29, 0.717) is 18.5 Å². The Bertz CT molecular complexity index is 1180. The van der Waals surface area contributed by atoms with Crippen molar-refractivity contribution < 1.29 is 13.2 Å². The number of likely N-dealkylation sites (tertiary alicyclic amines) is 1. The Hall–Kier alpha value is -2.59. The van der Waals surface area contributed by atoms with Crippen LogP contribution in [0, 0.1) is 6.92 Å². The fourth-order valence-corrected chi connectivity index (χ4v) is 7.15. The van der Waals surface area contributed by atoms with Crippen LogP contribution in [0.15, 0.2) is 12.3 Å². The molecule has 0 bridgehead atoms. The number of anilines is 2. The van der Waals surface area contributed by atoms with Crippen molar-refractivity contribution in [3.8, 4) is 0 Å². The lowest BCUT2D eigenvalue weighted by molar-refractivity contribution is 0.254. The van der Waals surface area contributed by atoms with Crippen molar-refractivity contribution in [3.05, 3.63) is 40.2 Å². The Kier molecular flexibility index (Phi) is 6.05. The average molecular weight is 487 g/mol. The van der Waals surface area contributed by atoms with Crippen LogP contribution < -0.4 is 14.3 Å². The molecule has 3 aliphatic rings. The molecule has 0 saturated carbocycles. The second kappa shape index (κ2) is 8.88. The van der Waals surface area contributed by atoms with E-state index in [1.54, 1.807) is 17.9 Å². The minimum Gasteiger partial charge on any atom is -0.307 e. The quantitative estimate of drug-likeness (QED) is 0.677. The molecule has 10 heteroatoms. The van der Waals surface area contributed by atoms with Gasteiger partial charge in [0.15, 0.2) is 0 Å². The standard InChI is InChI=1S/C24H34N6O3S/c1-16-22(15-25-29(16)3)30(19-10-12-28(2)13-11-19)34(32,33)27-24(31)26-23-20-8-4-6-17(20)14-18-7-5-9-21(18)23/h14-15,19H,4-13H2,1-3H3,(H2,26,27,31). The van der Waals surface area contributed by atoms with E-state index in [4.69, 9.17) is 0 Å². The largest absolute Gasteiger partial charge is 0.334 e. The predicted octanol–water partition coefficient (Wildman–Crippen LogP) is 2.67. The number of amides is 2. The van der Waals surface area contributed by atoms with E-state index in [2.05, 4.69) is 26.1 Å². The van der Waals surface area contributed by atoms with Gasteiger partial charge in [-0.15, -0.1) is 0 Å². The number of piperidine rings is 1. The van der Waals surface area contributed by atoms with Gasteiger partial charge in [-0.25, -0.2) is 13.8 Å². The lowest BCUT2D eigenvalue weighted by Crippen LogP contribution is -2.52. The number of urea groups is 1. The van der Waals surface area contributed by atoms with Crippen molar-refractivity contribution in [3.63, 3.8) is 0 Å². The first-order valence-corrected chi connectivity index (χ1v) is 13.7. The van der Waals surface area contributed by atoms with Crippen LogP contribution in [0.3, 0.4) is 0 Å². The molecule has 2 aromatic rings. The maximum absolute atomic E-state index is 13.6. The van der Waals surface area contributed by atoms with Gasteiger partial charge in [0.1, 0.15) is 0 Å². The molecule has 0 atom stereocenters. The monoisotopic (exact) mass is 486 g/mol. The maximum atomic E-state index is 13.6. The molecular formula is C24H34N6O3S. The molecule has 34 heavy (non-hydrogen) atoms. The van der Waals surface area contributed by atoms with Gasteiger partial charge in [-0.1, -0.05) is 6.07 Å². The summed E-state index contributed by atoms with van der Waals surface area (Å²) in [5.41, 5.74) is 7.00. The fraction of sp³-hybridized carbons (Fsp3) is 0.583. The number of benzene rings is 1. The van der Waals surface area contributed by atoms with Crippen molar-refractivity contribution >= 4 is 27.6 Å². The van der Waals surface area contributed by atoms with Crippen LogP contribution in [0.25, 0.3) is 0 Å². The number of hydrogen-bond donors (Lipinski definition) is 2. The first-order valence-electron chi connectivity index (χ1n) is 12.2. The average Bonchev–Trinajstić information content (AvgIpc) is 3.51. The van der Waals surface area contributed by atoms with E-state index in [-0.39, 0.29) is 6.04 Å². The molecule has 0 spiro atoms. The highest BCUT2D eigenvalue weighted by molar-refractivity contribution is 7.91. The number of nitrogens with one attached hydrogen (secondary N) is 2. The molecule has 5 rings (SSSR count). The Balaban J connectivity index is 1.42. The zero-order chi connectivity index (χ0) is 24.0. The lowest BCUT2D eigenvalue weighted by atomic mass is 9.99. The number of aryl methyl sites for hydroxylation is 3. The summed E-state index contributed by atoms with van der Waals surface area (Å²) in [6.45, 7) is 3.44. The van der Waals surface area contributed by atoms with Gasteiger partial charge in [-0.3, -0.25) is 4.68 Å². The molecule has 184 valence electrons. The third-order valence-corrected chi connectivity index (χ3v) is 9.11. The van der Waals surface area contributed by atoms with Gasteiger partial charge in [-0.05, 0) is 101 Å². The number of carbonyl (C=O) groups excluding carboxylic acids is 1. The second-order valence-electron chi connectivity index (χ2n) is 9.86. The minimum absolute atomic E-state index is 0.241. The lowest BCUT2D eigenvalue weighted by Gasteiger charge is -2.37. The summed E-state index contributed by atoms with van der Waals surface area (Å²) < 4.78 is 32.7. The van der Waals surface area contributed by atoms with Crippen molar-refractivity contribution in [1.82, 2.24) is 19.4 Å². The van der Waals surface area contributed by atoms with Crippen molar-refractivity contribution in [2.75, 3.05) is 29.8 Å². The van der Waals surface area contributed by atoms with E-state index in [1.165, 1.54) is 26.6 Å². The van der Waals surface area contributed by atoms with E-state index < -0.39 is 16.2 Å². The minimum atomic E-state index is -4.15. The van der Waals surface area contributed by atoms with Crippen LogP contribution in [0.5, 0.6) is 0 Å². The first-order chi connectivity index (χ1) is 16.2. The summed E-state index contributed by atoms with van der Waals surface area (Å²) in [7, 11) is -0.328. The number of fused-ring (bicyclic) bond motifs is 2. The normalized spacial score (nSPS) is 18.6. The predicted molar refractivity (Wildman–Crippen MR) is 133 cm³/mol. The van der Waals surface area contributed by atoms with Gasteiger partial charge in [0.2, 0.25) is 0 Å². The second-order valence-corrected chi connectivity index (χ2v) is 11.4. The van der Waals surface area contributed by atoms with Crippen LogP contribution in [0.4, 0.5) is 16.2 Å². The maximum Gasteiger partial charge on any atom is 0.334 e. The first kappa shape index (κ1) is 23.2. The smallest absolute Gasteiger partial charge is 0.307 e. The molecule has 1 saturated heterocycles. The molecule has 1 aliphatic heterocycles. The molecule has 0 unspecified atom stereocenters. The van der Waals surface area contributed by atoms with Gasteiger partial charge in [0.25, 0.3) is 0 Å². The highest BCUT2D eigenvalue weighted by Crippen LogP contribution is 2.38. The van der Waals surface area contributed by atoms with Crippen LogP contribution in [-0.4, -0.2) is 55.3 Å². The zero-order valence-corrected chi connectivity index (χ0v) is 21.0. The molecule has 0 radical (unpaired) electrons. The third kappa shape index (κ3) is 4.17. The number of carbonyl (C=O) groups is 1. The molecule has 2 aliphatic carbocycles. The summed E-state index contributed by atoms with van der Waals surface area (Å²) in [6.07, 6.45) is 8.95. The molecule has 1 aromatic carbocycles. The molecule has 2 heterocycles. The van der Waals surface area contributed by atoms with Crippen LogP contribution >= 0.6 is 0 Å². The molecule has 1 aromatic heterocycles. The topological polar surface area (TPSA) is 99.6 Å². The van der Waals surface area contributed by atoms with E-state index in [1.807, 2.05) is 14.0 Å². The fourth-order valence-electron chi connectivity index (χ4n) is 5.73. The highest BCUT2D eigenvalue weighted by Gasteiger charge is 2.36.